The van der Waals surface area contributed by atoms with Crippen LogP contribution in [0.15, 0.2) is 48.7 Å². The van der Waals surface area contributed by atoms with Gasteiger partial charge in [-0.1, -0.05) is 29.3 Å². The molecule has 1 aliphatic heterocycles. The van der Waals surface area contributed by atoms with Crippen molar-refractivity contribution in [3.05, 3.63) is 58.7 Å². The minimum atomic E-state index is 0.609. The summed E-state index contributed by atoms with van der Waals surface area (Å²) >= 11 is 12.1. The van der Waals surface area contributed by atoms with E-state index in [2.05, 4.69) is 39.0 Å². The van der Waals surface area contributed by atoms with Gasteiger partial charge in [-0.2, -0.15) is 0 Å². The first-order chi connectivity index (χ1) is 13.7. The Hall–Kier alpha value is -1.88. The molecule has 4 nitrogen and oxygen atoms in total. The van der Waals surface area contributed by atoms with Gasteiger partial charge < -0.3 is 14.6 Å². The number of nitrogens with zero attached hydrogens (tertiary/aromatic N) is 2. The summed E-state index contributed by atoms with van der Waals surface area (Å²) < 4.78 is 5.77. The van der Waals surface area contributed by atoms with Crippen LogP contribution in [0.5, 0.6) is 5.75 Å². The van der Waals surface area contributed by atoms with Gasteiger partial charge in [-0.15, -0.1) is 0 Å². The number of fused-ring (bicyclic) bond motifs is 1. The van der Waals surface area contributed by atoms with Crippen LogP contribution < -0.4 is 9.64 Å². The number of aromatic nitrogens is 1. The highest BCUT2D eigenvalue weighted by Gasteiger charge is 2.18. The Morgan fingerprint density at radius 1 is 0.964 bits per heavy atom. The molecular weight excluding hydrogens is 393 g/mol. The van der Waals surface area contributed by atoms with Gasteiger partial charge in [-0.3, -0.25) is 4.90 Å². The Morgan fingerprint density at radius 3 is 2.68 bits per heavy atom. The summed E-state index contributed by atoms with van der Waals surface area (Å²) in [6.45, 7) is 6.10. The van der Waals surface area contributed by atoms with Crippen LogP contribution in [0.4, 0.5) is 5.69 Å². The smallest absolute Gasteiger partial charge is 0.139 e. The molecule has 0 radical (unpaired) electrons. The van der Waals surface area contributed by atoms with Crippen molar-refractivity contribution in [2.24, 2.45) is 0 Å². The monoisotopic (exact) mass is 417 g/mol. The molecule has 148 valence electrons. The summed E-state index contributed by atoms with van der Waals surface area (Å²) in [5.41, 5.74) is 2.55. The zero-order valence-corrected chi connectivity index (χ0v) is 17.3. The average Bonchev–Trinajstić information content (AvgIpc) is 3.20. The number of rotatable bonds is 7. The first kappa shape index (κ1) is 19.4. The normalized spacial score (nSPS) is 15.3. The maximum absolute atomic E-state index is 6.13. The number of hydrogen-bond donors (Lipinski definition) is 1. The molecule has 0 spiro atoms. The summed E-state index contributed by atoms with van der Waals surface area (Å²) in [6, 6.07) is 14.0. The molecule has 0 amide bonds. The molecule has 6 heteroatoms. The molecule has 2 aromatic carbocycles. The largest absolute Gasteiger partial charge is 0.492 e. The fourth-order valence-corrected chi connectivity index (χ4v) is 4.10. The SMILES string of the molecule is Clc1ccc(Cl)c(OCCCCN2CCN(c3cccc4[nH]ccc34)CC2)c1. The van der Waals surface area contributed by atoms with Gasteiger partial charge in [0.15, 0.2) is 0 Å². The van der Waals surface area contributed by atoms with Gasteiger partial charge in [0.1, 0.15) is 5.75 Å². The van der Waals surface area contributed by atoms with Crippen molar-refractivity contribution >= 4 is 39.8 Å². The van der Waals surface area contributed by atoms with Crippen molar-refractivity contribution in [3.8, 4) is 5.75 Å². The van der Waals surface area contributed by atoms with Crippen molar-refractivity contribution in [1.29, 1.82) is 0 Å². The van der Waals surface area contributed by atoms with E-state index < -0.39 is 0 Å². The fourth-order valence-electron chi connectivity index (χ4n) is 3.76. The van der Waals surface area contributed by atoms with Crippen LogP contribution in [0.3, 0.4) is 0 Å². The van der Waals surface area contributed by atoms with Crippen LogP contribution >= 0.6 is 23.2 Å². The maximum atomic E-state index is 6.13. The van der Waals surface area contributed by atoms with Gasteiger partial charge in [0, 0.05) is 60.1 Å². The average molecular weight is 418 g/mol. The number of H-pyrrole nitrogens is 1. The number of piperazine rings is 1. The lowest BCUT2D eigenvalue weighted by Crippen LogP contribution is -2.46. The first-order valence-electron chi connectivity index (χ1n) is 9.82. The summed E-state index contributed by atoms with van der Waals surface area (Å²) in [5.74, 6) is 0.668. The van der Waals surface area contributed by atoms with Gasteiger partial charge in [0.05, 0.1) is 11.6 Å². The Labute approximate surface area is 176 Å². The summed E-state index contributed by atoms with van der Waals surface area (Å²) in [4.78, 5) is 8.34. The van der Waals surface area contributed by atoms with Crippen LogP contribution in [-0.2, 0) is 0 Å². The second kappa shape index (κ2) is 9.08. The summed E-state index contributed by atoms with van der Waals surface area (Å²) in [7, 11) is 0. The van der Waals surface area contributed by atoms with E-state index in [1.54, 1.807) is 18.2 Å². The molecule has 1 N–H and O–H groups in total. The second-order valence-electron chi connectivity index (χ2n) is 7.18. The number of unbranched alkanes of at least 4 members (excludes halogenated alkanes) is 1. The van der Waals surface area contributed by atoms with E-state index in [0.717, 1.165) is 45.6 Å². The molecule has 4 rings (SSSR count). The minimum Gasteiger partial charge on any atom is -0.492 e. The molecule has 1 saturated heterocycles. The lowest BCUT2D eigenvalue weighted by atomic mass is 10.1. The van der Waals surface area contributed by atoms with Crippen molar-refractivity contribution in [2.45, 2.75) is 12.8 Å². The molecule has 1 aliphatic rings. The minimum absolute atomic E-state index is 0.609. The van der Waals surface area contributed by atoms with Gasteiger partial charge in [0.2, 0.25) is 0 Å². The highest BCUT2D eigenvalue weighted by Crippen LogP contribution is 2.28. The van der Waals surface area contributed by atoms with Gasteiger partial charge in [-0.05, 0) is 49.7 Å². The van der Waals surface area contributed by atoms with Crippen molar-refractivity contribution in [2.75, 3.05) is 44.2 Å². The highest BCUT2D eigenvalue weighted by molar-refractivity contribution is 6.34. The number of anilines is 1. The van der Waals surface area contributed by atoms with Gasteiger partial charge >= 0.3 is 0 Å². The lowest BCUT2D eigenvalue weighted by molar-refractivity contribution is 0.239. The number of nitrogens with one attached hydrogen (secondary N) is 1. The predicted molar refractivity (Wildman–Crippen MR) is 118 cm³/mol. The number of aromatic amines is 1. The van der Waals surface area contributed by atoms with E-state index in [1.807, 2.05) is 6.20 Å². The molecule has 0 unspecified atom stereocenters. The maximum Gasteiger partial charge on any atom is 0.139 e. The molecule has 2 heterocycles. The van der Waals surface area contributed by atoms with E-state index >= 15 is 0 Å². The standard InChI is InChI=1S/C22H25Cl2N3O/c23-17-6-7-19(24)22(16-17)28-15-2-1-10-26-11-13-27(14-12-26)21-5-3-4-20-18(21)8-9-25-20/h3-9,16,25H,1-2,10-15H2. The molecule has 1 aromatic heterocycles. The van der Waals surface area contributed by atoms with E-state index in [1.165, 1.54) is 16.6 Å². The Balaban J connectivity index is 1.19. The van der Waals surface area contributed by atoms with Gasteiger partial charge in [-0.25, -0.2) is 0 Å². The fraction of sp³-hybridized carbons (Fsp3) is 0.364. The molecule has 28 heavy (non-hydrogen) atoms. The zero-order chi connectivity index (χ0) is 19.3. The van der Waals surface area contributed by atoms with Crippen molar-refractivity contribution in [1.82, 2.24) is 9.88 Å². The molecular formula is C22H25Cl2N3O. The van der Waals surface area contributed by atoms with Crippen LogP contribution in [0, 0.1) is 0 Å². The molecule has 3 aromatic rings. The molecule has 0 aliphatic carbocycles. The van der Waals surface area contributed by atoms with E-state index in [9.17, 15) is 0 Å². The first-order valence-corrected chi connectivity index (χ1v) is 10.6. The molecule has 0 atom stereocenters. The summed E-state index contributed by atoms with van der Waals surface area (Å²) in [6.07, 6.45) is 4.14. The number of benzene rings is 2. The molecule has 1 fully saturated rings. The van der Waals surface area contributed by atoms with Crippen molar-refractivity contribution < 1.29 is 4.74 Å². The second-order valence-corrected chi connectivity index (χ2v) is 8.02. The third-order valence-electron chi connectivity index (χ3n) is 5.30. The quantitative estimate of drug-likeness (QED) is 0.518. The highest BCUT2D eigenvalue weighted by atomic mass is 35.5. The van der Waals surface area contributed by atoms with Crippen molar-refractivity contribution in [3.63, 3.8) is 0 Å². The molecule has 0 bridgehead atoms. The summed E-state index contributed by atoms with van der Waals surface area (Å²) in [5, 5.41) is 2.57. The van der Waals surface area contributed by atoms with E-state index in [0.29, 0.717) is 22.4 Å². The van der Waals surface area contributed by atoms with Gasteiger partial charge in [0.25, 0.3) is 0 Å². The lowest BCUT2D eigenvalue weighted by Gasteiger charge is -2.36. The number of halogens is 2. The third kappa shape index (κ3) is 4.57. The van der Waals surface area contributed by atoms with Crippen LogP contribution in [0.2, 0.25) is 10.0 Å². The Morgan fingerprint density at radius 2 is 1.82 bits per heavy atom. The zero-order valence-electron chi connectivity index (χ0n) is 15.8. The van der Waals surface area contributed by atoms with E-state index in [-0.39, 0.29) is 0 Å². The van der Waals surface area contributed by atoms with Crippen LogP contribution in [-0.4, -0.2) is 49.2 Å². The topological polar surface area (TPSA) is 31.5 Å². The van der Waals surface area contributed by atoms with Crippen LogP contribution in [0.1, 0.15) is 12.8 Å². The predicted octanol–water partition coefficient (Wildman–Crippen LogP) is 5.46. The van der Waals surface area contributed by atoms with E-state index in [4.69, 9.17) is 27.9 Å². The Kier molecular flexibility index (Phi) is 6.30. The Bertz CT molecular complexity index is 919. The number of hydrogen-bond acceptors (Lipinski definition) is 3. The van der Waals surface area contributed by atoms with Crippen LogP contribution in [0.25, 0.3) is 10.9 Å². The third-order valence-corrected chi connectivity index (χ3v) is 5.85. The molecule has 0 saturated carbocycles. The number of ether oxygens (including phenoxy) is 1.